The molecule has 2 bridgehead atoms. The van der Waals surface area contributed by atoms with Gasteiger partial charge in [-0.15, -0.1) is 0 Å². The molecule has 0 aromatic rings. The van der Waals surface area contributed by atoms with Crippen LogP contribution in [-0.4, -0.2) is 67.8 Å². The quantitative estimate of drug-likeness (QED) is 0.723. The lowest BCUT2D eigenvalue weighted by atomic mass is 9.43. The fourth-order valence-corrected chi connectivity index (χ4v) is 6.61. The van der Waals surface area contributed by atoms with Crippen LogP contribution in [0.2, 0.25) is 0 Å². The van der Waals surface area contributed by atoms with Crippen LogP contribution in [0.3, 0.4) is 0 Å². The van der Waals surface area contributed by atoms with Crippen LogP contribution in [0.5, 0.6) is 0 Å². The fourth-order valence-electron chi connectivity index (χ4n) is 6.61. The smallest absolute Gasteiger partial charge is 0.404 e. The van der Waals surface area contributed by atoms with Crippen LogP contribution in [0.4, 0.5) is 0 Å². The van der Waals surface area contributed by atoms with Crippen LogP contribution in [0.1, 0.15) is 52.9 Å². The topological polar surface area (TPSA) is 62.8 Å². The number of rotatable bonds is 4. The van der Waals surface area contributed by atoms with Gasteiger partial charge < -0.3 is 24.8 Å². The number of nitrogens with zero attached hydrogens (tertiary/aromatic N) is 1. The fraction of sp³-hybridized carbons (Fsp3) is 0.950. The van der Waals surface area contributed by atoms with Crippen molar-refractivity contribution in [3.8, 4) is 0 Å². The predicted octanol–water partition coefficient (Wildman–Crippen LogP) is 1.20. The number of amides is 1. The van der Waals surface area contributed by atoms with Gasteiger partial charge in [-0.1, -0.05) is 13.8 Å². The summed E-state index contributed by atoms with van der Waals surface area (Å²) in [6, 6.07) is 0.421. The molecule has 3 saturated heterocycles. The Balaban J connectivity index is 1.24. The summed E-state index contributed by atoms with van der Waals surface area (Å²) in [7, 11) is -0.255. The molecule has 0 radical (unpaired) electrons. The maximum Gasteiger partial charge on any atom is 0.481 e. The minimum Gasteiger partial charge on any atom is -0.404 e. The molecule has 1 amide bonds. The third-order valence-electron chi connectivity index (χ3n) is 8.50. The first-order valence-electron chi connectivity index (χ1n) is 11.0. The third-order valence-corrected chi connectivity index (χ3v) is 8.50. The molecule has 150 valence electrons. The molecular formula is C20H34BN3O3. The van der Waals surface area contributed by atoms with Gasteiger partial charge in [-0.2, -0.15) is 0 Å². The average Bonchev–Trinajstić information content (AvgIpc) is 3.36. The van der Waals surface area contributed by atoms with Gasteiger partial charge in [0, 0.05) is 19.1 Å². The highest BCUT2D eigenvalue weighted by molar-refractivity contribution is 6.48. The largest absolute Gasteiger partial charge is 0.481 e. The Morgan fingerprint density at radius 2 is 2.15 bits per heavy atom. The lowest BCUT2D eigenvalue weighted by Gasteiger charge is -2.64. The maximum absolute atomic E-state index is 12.9. The van der Waals surface area contributed by atoms with E-state index in [4.69, 9.17) is 9.31 Å². The lowest BCUT2D eigenvalue weighted by Crippen LogP contribution is -2.65. The van der Waals surface area contributed by atoms with E-state index in [1.807, 2.05) is 4.90 Å². The minimum absolute atomic E-state index is 0.0729. The molecule has 27 heavy (non-hydrogen) atoms. The molecule has 2 N–H and O–H groups in total. The summed E-state index contributed by atoms with van der Waals surface area (Å²) in [6.07, 6.45) is 5.70. The summed E-state index contributed by atoms with van der Waals surface area (Å²) in [5.74, 6) is 1.60. The van der Waals surface area contributed by atoms with Gasteiger partial charge in [0.25, 0.3) is 0 Å². The predicted molar refractivity (Wildman–Crippen MR) is 104 cm³/mol. The molecule has 7 heteroatoms. The second-order valence-electron chi connectivity index (χ2n) is 10.2. The summed E-state index contributed by atoms with van der Waals surface area (Å²) in [6.45, 7) is 10.3. The Labute approximate surface area is 163 Å². The van der Waals surface area contributed by atoms with E-state index in [0.717, 1.165) is 51.2 Å². The van der Waals surface area contributed by atoms with Crippen LogP contribution < -0.4 is 10.6 Å². The Morgan fingerprint density at radius 1 is 1.30 bits per heavy atom. The maximum atomic E-state index is 12.9. The first kappa shape index (κ1) is 18.4. The number of hydrogen-bond donors (Lipinski definition) is 2. The summed E-state index contributed by atoms with van der Waals surface area (Å²) >= 11 is 0. The number of likely N-dealkylation sites (tertiary alicyclic amines) is 1. The molecule has 1 unspecified atom stereocenters. The summed E-state index contributed by atoms with van der Waals surface area (Å²) in [5, 5.41) is 6.75. The normalized spacial score (nSPS) is 45.1. The van der Waals surface area contributed by atoms with Crippen molar-refractivity contribution in [2.45, 2.75) is 76.6 Å². The molecule has 3 heterocycles. The van der Waals surface area contributed by atoms with Crippen LogP contribution in [-0.2, 0) is 14.1 Å². The zero-order valence-electron chi connectivity index (χ0n) is 17.0. The molecule has 3 aliphatic carbocycles. The Bertz CT molecular complexity index is 611. The van der Waals surface area contributed by atoms with E-state index in [2.05, 4.69) is 31.4 Å². The molecule has 0 aromatic carbocycles. The van der Waals surface area contributed by atoms with Gasteiger partial charge in [0.1, 0.15) is 0 Å². The second-order valence-corrected chi connectivity index (χ2v) is 10.2. The van der Waals surface area contributed by atoms with Gasteiger partial charge in [-0.3, -0.25) is 4.79 Å². The van der Waals surface area contributed by atoms with Crippen molar-refractivity contribution in [1.82, 2.24) is 15.5 Å². The van der Waals surface area contributed by atoms with Crippen molar-refractivity contribution in [1.29, 1.82) is 0 Å². The number of carbonyl (C=O) groups is 1. The highest BCUT2D eigenvalue weighted by Crippen LogP contribution is 2.65. The van der Waals surface area contributed by atoms with Crippen LogP contribution in [0, 0.1) is 17.3 Å². The Kier molecular flexibility index (Phi) is 4.39. The van der Waals surface area contributed by atoms with Crippen molar-refractivity contribution in [3.63, 3.8) is 0 Å². The Hall–Kier alpha value is -0.625. The van der Waals surface area contributed by atoms with Gasteiger partial charge in [-0.25, -0.2) is 0 Å². The number of hydrogen-bond acceptors (Lipinski definition) is 5. The molecule has 6 aliphatic rings. The summed E-state index contributed by atoms with van der Waals surface area (Å²) < 4.78 is 13.1. The van der Waals surface area contributed by atoms with Gasteiger partial charge >= 0.3 is 7.12 Å². The zero-order chi connectivity index (χ0) is 18.8. The van der Waals surface area contributed by atoms with Gasteiger partial charge in [-0.05, 0) is 62.8 Å². The van der Waals surface area contributed by atoms with Crippen molar-refractivity contribution in [2.75, 3.05) is 26.2 Å². The zero-order valence-corrected chi connectivity index (χ0v) is 17.0. The van der Waals surface area contributed by atoms with E-state index in [9.17, 15) is 4.79 Å². The monoisotopic (exact) mass is 375 g/mol. The van der Waals surface area contributed by atoms with Gasteiger partial charge in [0.15, 0.2) is 0 Å². The molecule has 6 rings (SSSR count). The molecule has 0 spiro atoms. The highest BCUT2D eigenvalue weighted by atomic mass is 16.7. The van der Waals surface area contributed by atoms with E-state index in [1.165, 1.54) is 6.42 Å². The molecule has 3 aliphatic heterocycles. The first-order chi connectivity index (χ1) is 12.9. The number of nitrogens with one attached hydrogen (secondary N) is 2. The first-order valence-corrected chi connectivity index (χ1v) is 11.0. The summed E-state index contributed by atoms with van der Waals surface area (Å²) in [5.41, 5.74) is 0.169. The van der Waals surface area contributed by atoms with Crippen LogP contribution >= 0.6 is 0 Å². The van der Waals surface area contributed by atoms with Crippen molar-refractivity contribution < 1.29 is 14.1 Å². The van der Waals surface area contributed by atoms with E-state index in [0.29, 0.717) is 23.9 Å². The molecular weight excluding hydrogens is 341 g/mol. The lowest BCUT2D eigenvalue weighted by molar-refractivity contribution is -0.199. The molecule has 3 saturated carbocycles. The van der Waals surface area contributed by atoms with E-state index < -0.39 is 0 Å². The average molecular weight is 375 g/mol. The summed E-state index contributed by atoms with van der Waals surface area (Å²) in [4.78, 5) is 14.9. The Morgan fingerprint density at radius 3 is 2.89 bits per heavy atom. The van der Waals surface area contributed by atoms with Crippen molar-refractivity contribution in [3.05, 3.63) is 0 Å². The molecule has 6 atom stereocenters. The second kappa shape index (κ2) is 6.44. The minimum atomic E-state index is -0.255. The van der Waals surface area contributed by atoms with Gasteiger partial charge in [0.05, 0.1) is 24.2 Å². The third kappa shape index (κ3) is 2.80. The SMILES string of the molecule is CC1(C)[C@@H]2C[C@H]1[C@]1(C)OB([C@@H]3CCCN3C(=O)CNC3CCNC3)O[C@@H]1C2. The molecule has 6 fully saturated rings. The van der Waals surface area contributed by atoms with Crippen molar-refractivity contribution >= 4 is 13.0 Å². The van der Waals surface area contributed by atoms with E-state index in [1.54, 1.807) is 0 Å². The highest BCUT2D eigenvalue weighted by Gasteiger charge is 2.69. The van der Waals surface area contributed by atoms with Crippen LogP contribution in [0.15, 0.2) is 0 Å². The van der Waals surface area contributed by atoms with Crippen LogP contribution in [0.25, 0.3) is 0 Å². The van der Waals surface area contributed by atoms with Gasteiger partial charge in [0.2, 0.25) is 5.91 Å². The standard InChI is InChI=1S/C20H34BN3O3/c1-19(2)13-9-15(19)20(3)16(10-13)26-21(27-20)17-5-4-8-24(17)18(25)12-23-14-6-7-22-11-14/h13-17,22-23H,4-12H2,1-3H3/t13-,14?,15-,16-,17+,20+/m1/s1. The van der Waals surface area contributed by atoms with E-state index in [-0.39, 0.29) is 30.7 Å². The number of carbonyl (C=O) groups excluding carboxylic acids is 1. The van der Waals surface area contributed by atoms with E-state index >= 15 is 0 Å². The molecule has 6 nitrogen and oxygen atoms in total. The molecule has 0 aromatic heterocycles. The van der Waals surface area contributed by atoms with Crippen molar-refractivity contribution in [2.24, 2.45) is 17.3 Å².